The third-order valence-electron chi connectivity index (χ3n) is 2.84. The summed E-state index contributed by atoms with van der Waals surface area (Å²) in [5.41, 5.74) is 7.56. The van der Waals surface area contributed by atoms with Crippen LogP contribution in [0.4, 0.5) is 5.69 Å². The molecular weight excluding hydrogens is 322 g/mol. The molecule has 2 N–H and O–H groups in total. The molecule has 0 atom stereocenters. The molecule has 2 aromatic heterocycles. The van der Waals surface area contributed by atoms with Crippen LogP contribution in [0, 0.1) is 0 Å². The van der Waals surface area contributed by atoms with E-state index < -0.39 is 0 Å². The summed E-state index contributed by atoms with van der Waals surface area (Å²) in [6.07, 6.45) is 3.83. The van der Waals surface area contributed by atoms with Gasteiger partial charge in [-0.3, -0.25) is 0 Å². The standard InChI is InChI=1S/C14H12BrN3S/c15-13-6-5-12(19-13)9-18-8-7-17-14(18)10-1-3-11(16)4-2-10/h1-8H,9,16H2. The fourth-order valence-corrected chi connectivity index (χ4v) is 3.42. The number of nitrogens with zero attached hydrogens (tertiary/aromatic N) is 2. The lowest BCUT2D eigenvalue weighted by Gasteiger charge is -2.06. The average molecular weight is 334 g/mol. The molecule has 0 aliphatic carbocycles. The maximum absolute atomic E-state index is 5.71. The Morgan fingerprint density at radius 1 is 1.16 bits per heavy atom. The number of imidazole rings is 1. The fraction of sp³-hybridized carbons (Fsp3) is 0.0714. The van der Waals surface area contributed by atoms with Crippen molar-refractivity contribution in [3.05, 3.63) is 57.5 Å². The van der Waals surface area contributed by atoms with Crippen LogP contribution in [-0.4, -0.2) is 9.55 Å². The highest BCUT2D eigenvalue weighted by molar-refractivity contribution is 9.11. The first-order valence-corrected chi connectivity index (χ1v) is 7.44. The molecule has 3 aromatic rings. The van der Waals surface area contributed by atoms with Crippen LogP contribution in [0.5, 0.6) is 0 Å². The minimum absolute atomic E-state index is 0.768. The summed E-state index contributed by atoms with van der Waals surface area (Å²) in [7, 11) is 0. The van der Waals surface area contributed by atoms with Crippen molar-refractivity contribution >= 4 is 33.0 Å². The van der Waals surface area contributed by atoms with Crippen LogP contribution in [-0.2, 0) is 6.54 Å². The van der Waals surface area contributed by atoms with Crippen LogP contribution in [0.3, 0.4) is 0 Å². The van der Waals surface area contributed by atoms with Gasteiger partial charge in [-0.25, -0.2) is 4.98 Å². The largest absolute Gasteiger partial charge is 0.399 e. The maximum Gasteiger partial charge on any atom is 0.140 e. The van der Waals surface area contributed by atoms with Crippen LogP contribution in [0.1, 0.15) is 4.88 Å². The molecule has 0 aliphatic heterocycles. The van der Waals surface area contributed by atoms with E-state index in [-0.39, 0.29) is 0 Å². The Bertz CT molecular complexity index is 685. The lowest BCUT2D eigenvalue weighted by atomic mass is 10.2. The molecule has 0 aliphatic rings. The number of thiophene rings is 1. The second-order valence-corrected chi connectivity index (χ2v) is 6.75. The Balaban J connectivity index is 1.92. The van der Waals surface area contributed by atoms with Gasteiger partial charge < -0.3 is 10.3 Å². The summed E-state index contributed by atoms with van der Waals surface area (Å²) in [6, 6.07) is 12.0. The maximum atomic E-state index is 5.71. The van der Waals surface area contributed by atoms with E-state index in [1.54, 1.807) is 11.3 Å². The van der Waals surface area contributed by atoms with Gasteiger partial charge in [-0.1, -0.05) is 0 Å². The Morgan fingerprint density at radius 3 is 2.63 bits per heavy atom. The highest BCUT2D eigenvalue weighted by atomic mass is 79.9. The van der Waals surface area contributed by atoms with Crippen molar-refractivity contribution in [1.82, 2.24) is 9.55 Å². The van der Waals surface area contributed by atoms with Crippen LogP contribution in [0.2, 0.25) is 0 Å². The van der Waals surface area contributed by atoms with Crippen molar-refractivity contribution < 1.29 is 0 Å². The fourth-order valence-electron chi connectivity index (χ4n) is 1.93. The van der Waals surface area contributed by atoms with Crippen molar-refractivity contribution in [1.29, 1.82) is 0 Å². The van der Waals surface area contributed by atoms with Gasteiger partial charge in [0.25, 0.3) is 0 Å². The first kappa shape index (κ1) is 12.4. The van der Waals surface area contributed by atoms with Crippen molar-refractivity contribution in [3.8, 4) is 11.4 Å². The molecule has 0 saturated heterocycles. The Kier molecular flexibility index (Phi) is 3.40. The Hall–Kier alpha value is -1.59. The van der Waals surface area contributed by atoms with E-state index in [0.29, 0.717) is 0 Å². The van der Waals surface area contributed by atoms with Crippen molar-refractivity contribution in [2.24, 2.45) is 0 Å². The third-order valence-corrected chi connectivity index (χ3v) is 4.45. The van der Waals surface area contributed by atoms with E-state index in [9.17, 15) is 0 Å². The number of rotatable bonds is 3. The highest BCUT2D eigenvalue weighted by Gasteiger charge is 2.07. The second kappa shape index (κ2) is 5.19. The molecule has 1 aromatic carbocycles. The van der Waals surface area contributed by atoms with Gasteiger partial charge >= 0.3 is 0 Å². The summed E-state index contributed by atoms with van der Waals surface area (Å²) in [5.74, 6) is 0.963. The number of hydrogen-bond donors (Lipinski definition) is 1. The van der Waals surface area contributed by atoms with E-state index in [4.69, 9.17) is 5.73 Å². The second-order valence-electron chi connectivity index (χ2n) is 4.21. The molecule has 96 valence electrons. The van der Waals surface area contributed by atoms with E-state index in [1.165, 1.54) is 4.88 Å². The van der Waals surface area contributed by atoms with Gasteiger partial charge in [0.1, 0.15) is 5.82 Å². The van der Waals surface area contributed by atoms with E-state index in [0.717, 1.165) is 27.4 Å². The van der Waals surface area contributed by atoms with Gasteiger partial charge in [0, 0.05) is 28.5 Å². The molecular formula is C14H12BrN3S. The zero-order chi connectivity index (χ0) is 13.2. The normalized spacial score (nSPS) is 10.8. The van der Waals surface area contributed by atoms with Crippen molar-refractivity contribution in [3.63, 3.8) is 0 Å². The van der Waals surface area contributed by atoms with Crippen LogP contribution in [0.15, 0.2) is 52.6 Å². The van der Waals surface area contributed by atoms with Gasteiger partial charge in [-0.05, 0) is 52.3 Å². The van der Waals surface area contributed by atoms with Gasteiger partial charge in [0.05, 0.1) is 10.3 Å². The number of nitrogen functional groups attached to an aromatic ring is 1. The molecule has 3 nitrogen and oxygen atoms in total. The number of anilines is 1. The monoisotopic (exact) mass is 333 g/mol. The van der Waals surface area contributed by atoms with Crippen LogP contribution >= 0.6 is 27.3 Å². The molecule has 5 heteroatoms. The zero-order valence-corrected chi connectivity index (χ0v) is 12.5. The van der Waals surface area contributed by atoms with Crippen molar-refractivity contribution in [2.45, 2.75) is 6.54 Å². The third kappa shape index (κ3) is 2.72. The Labute approximate surface area is 123 Å². The summed E-state index contributed by atoms with van der Waals surface area (Å²) >= 11 is 5.23. The van der Waals surface area contributed by atoms with Gasteiger partial charge in [0.2, 0.25) is 0 Å². The SMILES string of the molecule is Nc1ccc(-c2nccn2Cc2ccc(Br)s2)cc1. The van der Waals surface area contributed by atoms with E-state index in [1.807, 2.05) is 36.7 Å². The number of halogens is 1. The summed E-state index contributed by atoms with van der Waals surface area (Å²) < 4.78 is 3.29. The van der Waals surface area contributed by atoms with Gasteiger partial charge in [-0.2, -0.15) is 0 Å². The molecule has 2 heterocycles. The summed E-state index contributed by atoms with van der Waals surface area (Å²) in [6.45, 7) is 0.829. The average Bonchev–Trinajstić information content (AvgIpc) is 3.00. The van der Waals surface area contributed by atoms with Gasteiger partial charge in [-0.15, -0.1) is 11.3 Å². The molecule has 0 amide bonds. The lowest BCUT2D eigenvalue weighted by molar-refractivity contribution is 0.820. The molecule has 3 rings (SSSR count). The van der Waals surface area contributed by atoms with Gasteiger partial charge in [0.15, 0.2) is 0 Å². The summed E-state index contributed by atoms with van der Waals surface area (Å²) in [5, 5.41) is 0. The molecule has 0 bridgehead atoms. The minimum Gasteiger partial charge on any atom is -0.399 e. The predicted molar refractivity (Wildman–Crippen MR) is 83.2 cm³/mol. The number of benzene rings is 1. The molecule has 0 fully saturated rings. The number of hydrogen-bond acceptors (Lipinski definition) is 3. The topological polar surface area (TPSA) is 43.8 Å². The quantitative estimate of drug-likeness (QED) is 0.736. The van der Waals surface area contributed by atoms with E-state index >= 15 is 0 Å². The van der Waals surface area contributed by atoms with Crippen molar-refractivity contribution in [2.75, 3.05) is 5.73 Å². The first-order chi connectivity index (χ1) is 9.22. The minimum atomic E-state index is 0.768. The molecule has 0 spiro atoms. The number of nitrogens with two attached hydrogens (primary N) is 1. The molecule has 0 radical (unpaired) electrons. The molecule has 0 unspecified atom stereocenters. The lowest BCUT2D eigenvalue weighted by Crippen LogP contribution is -1.99. The Morgan fingerprint density at radius 2 is 1.95 bits per heavy atom. The zero-order valence-electron chi connectivity index (χ0n) is 10.1. The molecule has 0 saturated carbocycles. The smallest absolute Gasteiger partial charge is 0.140 e. The van der Waals surface area contributed by atoms with Crippen LogP contribution in [0.25, 0.3) is 11.4 Å². The van der Waals surface area contributed by atoms with E-state index in [2.05, 4.69) is 37.6 Å². The predicted octanol–water partition coefficient (Wildman–Crippen LogP) is 4.00. The van der Waals surface area contributed by atoms with Crippen LogP contribution < -0.4 is 5.73 Å². The number of aromatic nitrogens is 2. The molecule has 19 heavy (non-hydrogen) atoms. The first-order valence-electron chi connectivity index (χ1n) is 5.83. The summed E-state index contributed by atoms with van der Waals surface area (Å²) in [4.78, 5) is 5.73. The highest BCUT2D eigenvalue weighted by Crippen LogP contribution is 2.25.